The van der Waals surface area contributed by atoms with Gasteiger partial charge in [-0.3, -0.25) is 10.1 Å². The quantitative estimate of drug-likeness (QED) is 0.311. The van der Waals surface area contributed by atoms with E-state index in [1.807, 2.05) is 0 Å². The van der Waals surface area contributed by atoms with Gasteiger partial charge in [-0.15, -0.1) is 11.3 Å². The third kappa shape index (κ3) is 5.00. The second-order valence-electron chi connectivity index (χ2n) is 6.75. The maximum Gasteiger partial charge on any atom is 0.417 e. The molecule has 0 aliphatic heterocycles. The Morgan fingerprint density at radius 1 is 1.09 bits per heavy atom. The molecule has 0 saturated carbocycles. The number of halogens is 5. The van der Waals surface area contributed by atoms with Crippen LogP contribution in [0.1, 0.15) is 26.6 Å². The number of rotatable bonds is 5. The molecular weight excluding hydrogens is 468 g/mol. The first-order valence-electron chi connectivity index (χ1n) is 9.16. The molecule has 1 amide bonds. The van der Waals surface area contributed by atoms with Crippen LogP contribution in [0, 0.1) is 5.82 Å². The van der Waals surface area contributed by atoms with Crippen molar-refractivity contribution < 1.29 is 26.8 Å². The second-order valence-corrected chi connectivity index (χ2v) is 8.27. The number of alkyl halides is 3. The minimum Gasteiger partial charge on any atom is -0.451 e. The molecule has 4 rings (SSSR count). The number of benzene rings is 2. The van der Waals surface area contributed by atoms with Gasteiger partial charge in [0.1, 0.15) is 11.6 Å². The molecule has 10 heteroatoms. The smallest absolute Gasteiger partial charge is 0.417 e. The molecule has 0 fully saturated rings. The van der Waals surface area contributed by atoms with Crippen LogP contribution in [0.3, 0.4) is 0 Å². The van der Waals surface area contributed by atoms with Crippen LogP contribution in [0.2, 0.25) is 5.02 Å². The molecule has 0 bridgehead atoms. The highest BCUT2D eigenvalue weighted by atomic mass is 35.5. The fraction of sp³-hybridized carbons (Fsp3) is 0.0909. The average Bonchev–Trinajstić information content (AvgIpc) is 3.39. The van der Waals surface area contributed by atoms with Crippen LogP contribution in [-0.4, -0.2) is 10.9 Å². The molecule has 2 heterocycles. The van der Waals surface area contributed by atoms with E-state index in [-0.39, 0.29) is 22.9 Å². The highest BCUT2D eigenvalue weighted by Crippen LogP contribution is 2.37. The first kappa shape index (κ1) is 22.0. The Morgan fingerprint density at radius 2 is 1.84 bits per heavy atom. The van der Waals surface area contributed by atoms with E-state index in [2.05, 4.69) is 10.3 Å². The summed E-state index contributed by atoms with van der Waals surface area (Å²) in [4.78, 5) is 17.5. The van der Waals surface area contributed by atoms with Gasteiger partial charge in [-0.2, -0.15) is 13.2 Å². The standard InChI is InChI=1S/C22H13ClF4N2O2S/c23-17-6-3-13(10-16(17)22(25,26)27)18-7-8-19(31-18)20(30)29-21-28-11-15(32-21)9-12-1-4-14(24)5-2-12/h1-8,10-11H,9H2,(H,28,29,30). The number of aromatic nitrogens is 1. The third-order valence-electron chi connectivity index (χ3n) is 4.45. The molecule has 0 radical (unpaired) electrons. The van der Waals surface area contributed by atoms with Crippen molar-refractivity contribution in [2.45, 2.75) is 12.6 Å². The first-order valence-corrected chi connectivity index (χ1v) is 10.4. The number of hydrogen-bond acceptors (Lipinski definition) is 4. The molecule has 0 aliphatic rings. The van der Waals surface area contributed by atoms with Gasteiger partial charge in [0, 0.05) is 23.1 Å². The molecule has 0 atom stereocenters. The van der Waals surface area contributed by atoms with Gasteiger partial charge in [0.05, 0.1) is 10.6 Å². The molecule has 32 heavy (non-hydrogen) atoms. The number of thiazole rings is 1. The van der Waals surface area contributed by atoms with Crippen molar-refractivity contribution >= 4 is 34.0 Å². The molecular formula is C22H13ClF4N2O2S. The van der Waals surface area contributed by atoms with Gasteiger partial charge in [0.15, 0.2) is 10.9 Å². The fourth-order valence-electron chi connectivity index (χ4n) is 2.92. The van der Waals surface area contributed by atoms with Crippen LogP contribution in [-0.2, 0) is 12.6 Å². The van der Waals surface area contributed by atoms with Crippen molar-refractivity contribution in [1.82, 2.24) is 4.98 Å². The Hall–Kier alpha value is -3.17. The van der Waals surface area contributed by atoms with E-state index in [0.717, 1.165) is 22.6 Å². The lowest BCUT2D eigenvalue weighted by Crippen LogP contribution is -2.10. The number of carbonyl (C=O) groups is 1. The van der Waals surface area contributed by atoms with Crippen LogP contribution >= 0.6 is 22.9 Å². The second kappa shape index (κ2) is 8.76. The van der Waals surface area contributed by atoms with Crippen molar-refractivity contribution in [3.05, 3.63) is 93.4 Å². The molecule has 0 spiro atoms. The summed E-state index contributed by atoms with van der Waals surface area (Å²) >= 11 is 6.88. The van der Waals surface area contributed by atoms with E-state index in [9.17, 15) is 22.4 Å². The van der Waals surface area contributed by atoms with Crippen molar-refractivity contribution in [1.29, 1.82) is 0 Å². The van der Waals surface area contributed by atoms with Crippen molar-refractivity contribution in [2.24, 2.45) is 0 Å². The molecule has 2 aromatic heterocycles. The molecule has 2 aromatic carbocycles. The average molecular weight is 481 g/mol. The predicted molar refractivity (Wildman–Crippen MR) is 113 cm³/mol. The van der Waals surface area contributed by atoms with Gasteiger partial charge >= 0.3 is 6.18 Å². The van der Waals surface area contributed by atoms with Gasteiger partial charge in [0.2, 0.25) is 0 Å². The van der Waals surface area contributed by atoms with Crippen LogP contribution in [0.25, 0.3) is 11.3 Å². The number of furan rings is 1. The summed E-state index contributed by atoms with van der Waals surface area (Å²) in [6, 6.07) is 12.2. The van der Waals surface area contributed by atoms with Crippen molar-refractivity contribution in [3.8, 4) is 11.3 Å². The lowest BCUT2D eigenvalue weighted by atomic mass is 10.1. The lowest BCUT2D eigenvalue weighted by Gasteiger charge is -2.09. The van der Waals surface area contributed by atoms with E-state index in [1.165, 1.54) is 41.7 Å². The molecule has 1 N–H and O–H groups in total. The monoisotopic (exact) mass is 480 g/mol. The summed E-state index contributed by atoms with van der Waals surface area (Å²) in [5.74, 6) is -0.909. The van der Waals surface area contributed by atoms with Crippen LogP contribution < -0.4 is 5.32 Å². The highest BCUT2D eigenvalue weighted by Gasteiger charge is 2.33. The van der Waals surface area contributed by atoms with E-state index in [1.54, 1.807) is 18.3 Å². The Labute approximate surface area is 188 Å². The summed E-state index contributed by atoms with van der Waals surface area (Å²) in [6.45, 7) is 0. The minimum atomic E-state index is -4.61. The van der Waals surface area contributed by atoms with Crippen LogP contribution in [0.15, 0.2) is 65.2 Å². The van der Waals surface area contributed by atoms with E-state index in [4.69, 9.17) is 16.0 Å². The zero-order chi connectivity index (χ0) is 22.9. The number of carbonyl (C=O) groups excluding carboxylic acids is 1. The van der Waals surface area contributed by atoms with Crippen LogP contribution in [0.5, 0.6) is 0 Å². The largest absolute Gasteiger partial charge is 0.451 e. The molecule has 4 nitrogen and oxygen atoms in total. The minimum absolute atomic E-state index is 0.0845. The SMILES string of the molecule is O=C(Nc1ncc(Cc2ccc(F)cc2)s1)c1ccc(-c2ccc(Cl)c(C(F)(F)F)c2)o1. The third-order valence-corrected chi connectivity index (χ3v) is 5.69. The van der Waals surface area contributed by atoms with E-state index < -0.39 is 22.7 Å². The van der Waals surface area contributed by atoms with Crippen molar-refractivity contribution in [2.75, 3.05) is 5.32 Å². The Kier molecular flexibility index (Phi) is 6.03. The summed E-state index contributed by atoms with van der Waals surface area (Å²) in [5.41, 5.74) is 0.0388. The van der Waals surface area contributed by atoms with Gasteiger partial charge in [-0.05, 0) is 48.0 Å². The fourth-order valence-corrected chi connectivity index (χ4v) is 3.99. The number of nitrogens with zero attached hydrogens (tertiary/aromatic N) is 1. The maximum absolute atomic E-state index is 13.1. The van der Waals surface area contributed by atoms with Gasteiger partial charge in [-0.1, -0.05) is 23.7 Å². The summed E-state index contributed by atoms with van der Waals surface area (Å²) in [7, 11) is 0. The van der Waals surface area contributed by atoms with Crippen molar-refractivity contribution in [3.63, 3.8) is 0 Å². The molecule has 0 saturated heterocycles. The number of anilines is 1. The predicted octanol–water partition coefficient (Wildman–Crippen LogP) is 7.06. The highest BCUT2D eigenvalue weighted by molar-refractivity contribution is 7.15. The van der Waals surface area contributed by atoms with Gasteiger partial charge in [0.25, 0.3) is 5.91 Å². The zero-order valence-electron chi connectivity index (χ0n) is 16.0. The molecule has 0 aliphatic carbocycles. The Bertz CT molecular complexity index is 1270. The summed E-state index contributed by atoms with van der Waals surface area (Å²) in [5, 5.41) is 2.50. The van der Waals surface area contributed by atoms with E-state index in [0.29, 0.717) is 11.6 Å². The lowest BCUT2D eigenvalue weighted by molar-refractivity contribution is -0.137. The van der Waals surface area contributed by atoms with Crippen LogP contribution in [0.4, 0.5) is 22.7 Å². The summed E-state index contributed by atoms with van der Waals surface area (Å²) < 4.78 is 57.7. The van der Waals surface area contributed by atoms with Gasteiger partial charge in [-0.25, -0.2) is 9.37 Å². The molecule has 0 unspecified atom stereocenters. The molecule has 4 aromatic rings. The number of amides is 1. The maximum atomic E-state index is 13.1. The normalized spacial score (nSPS) is 11.5. The Morgan fingerprint density at radius 3 is 2.56 bits per heavy atom. The number of hydrogen-bond donors (Lipinski definition) is 1. The first-order chi connectivity index (χ1) is 15.2. The number of nitrogens with one attached hydrogen (secondary N) is 1. The Balaban J connectivity index is 1.46. The topological polar surface area (TPSA) is 55.1 Å². The van der Waals surface area contributed by atoms with E-state index >= 15 is 0 Å². The zero-order valence-corrected chi connectivity index (χ0v) is 17.6. The molecule has 164 valence electrons. The summed E-state index contributed by atoms with van der Waals surface area (Å²) in [6.07, 6.45) is -2.49. The van der Waals surface area contributed by atoms with Gasteiger partial charge < -0.3 is 4.42 Å².